The molecule has 0 radical (unpaired) electrons. The Kier molecular flexibility index (Phi) is 5.79. The molecule has 1 aliphatic rings. The van der Waals surface area contributed by atoms with Gasteiger partial charge in [0.25, 0.3) is 11.8 Å². The van der Waals surface area contributed by atoms with Gasteiger partial charge < -0.3 is 20.1 Å². The van der Waals surface area contributed by atoms with Gasteiger partial charge in [-0.25, -0.2) is 0 Å². The number of benzene rings is 3. The van der Waals surface area contributed by atoms with Crippen LogP contribution in [-0.4, -0.2) is 18.6 Å². The molecule has 0 spiro atoms. The summed E-state index contributed by atoms with van der Waals surface area (Å²) in [6, 6.07) is 16.8. The number of halogens is 2. The third-order valence-electron chi connectivity index (χ3n) is 4.49. The second kappa shape index (κ2) is 8.65. The number of fused-ring (bicyclic) bond motifs is 1. The van der Waals surface area contributed by atoms with Gasteiger partial charge in [-0.2, -0.15) is 0 Å². The fraction of sp³-hybridized carbons (Fsp3) is 0.0909. The van der Waals surface area contributed by atoms with Crippen molar-refractivity contribution in [1.29, 1.82) is 0 Å². The molecule has 0 unspecified atom stereocenters. The number of ether oxygens (including phenoxy) is 2. The molecule has 0 aliphatic carbocycles. The van der Waals surface area contributed by atoms with E-state index in [1.165, 1.54) is 12.1 Å². The van der Waals surface area contributed by atoms with Crippen molar-refractivity contribution in [2.75, 3.05) is 12.1 Å². The molecule has 152 valence electrons. The summed E-state index contributed by atoms with van der Waals surface area (Å²) in [5, 5.41) is 6.24. The molecule has 1 heterocycles. The molecular formula is C22H16Cl2N2O4. The van der Waals surface area contributed by atoms with Crippen LogP contribution in [0.15, 0.2) is 60.7 Å². The summed E-state index contributed by atoms with van der Waals surface area (Å²) in [6.45, 7) is 0.483. The van der Waals surface area contributed by atoms with Crippen LogP contribution < -0.4 is 20.1 Å². The number of rotatable bonds is 5. The zero-order valence-electron chi connectivity index (χ0n) is 15.6. The van der Waals surface area contributed by atoms with Gasteiger partial charge >= 0.3 is 0 Å². The van der Waals surface area contributed by atoms with Gasteiger partial charge in [0.15, 0.2) is 11.5 Å². The van der Waals surface area contributed by atoms with E-state index in [2.05, 4.69) is 10.6 Å². The lowest BCUT2D eigenvalue weighted by Gasteiger charge is -2.12. The van der Waals surface area contributed by atoms with Crippen LogP contribution in [0.2, 0.25) is 10.0 Å². The van der Waals surface area contributed by atoms with Crippen LogP contribution in [0.4, 0.5) is 5.69 Å². The number of para-hydroxylation sites is 1. The largest absolute Gasteiger partial charge is 0.454 e. The minimum atomic E-state index is -0.437. The van der Waals surface area contributed by atoms with E-state index in [-0.39, 0.29) is 23.3 Å². The molecule has 0 saturated heterocycles. The Balaban J connectivity index is 1.47. The Labute approximate surface area is 182 Å². The van der Waals surface area contributed by atoms with Crippen molar-refractivity contribution in [3.05, 3.63) is 87.4 Å². The Morgan fingerprint density at radius 3 is 2.50 bits per heavy atom. The van der Waals surface area contributed by atoms with E-state index < -0.39 is 5.91 Å². The first kappa shape index (κ1) is 20.1. The molecule has 3 aromatic carbocycles. The molecule has 1 aliphatic heterocycles. The molecule has 0 fully saturated rings. The van der Waals surface area contributed by atoms with Gasteiger partial charge in [-0.15, -0.1) is 0 Å². The third kappa shape index (κ3) is 4.35. The predicted octanol–water partition coefficient (Wildman–Crippen LogP) is 4.90. The number of anilines is 1. The first-order valence-corrected chi connectivity index (χ1v) is 9.79. The van der Waals surface area contributed by atoms with Crippen molar-refractivity contribution in [3.8, 4) is 11.5 Å². The second-order valence-corrected chi connectivity index (χ2v) is 7.34. The van der Waals surface area contributed by atoms with E-state index in [1.807, 2.05) is 12.1 Å². The van der Waals surface area contributed by atoms with Crippen LogP contribution in [0.25, 0.3) is 0 Å². The van der Waals surface area contributed by atoms with Crippen LogP contribution in [0.5, 0.6) is 11.5 Å². The highest BCUT2D eigenvalue weighted by Crippen LogP contribution is 2.32. The molecule has 3 aromatic rings. The fourth-order valence-electron chi connectivity index (χ4n) is 2.98. The van der Waals surface area contributed by atoms with Crippen molar-refractivity contribution in [2.24, 2.45) is 0 Å². The molecule has 0 aromatic heterocycles. The topological polar surface area (TPSA) is 76.7 Å². The van der Waals surface area contributed by atoms with Crippen molar-refractivity contribution in [3.63, 3.8) is 0 Å². The minimum Gasteiger partial charge on any atom is -0.454 e. The van der Waals surface area contributed by atoms with Crippen LogP contribution in [0.3, 0.4) is 0 Å². The molecular weight excluding hydrogens is 427 g/mol. The van der Waals surface area contributed by atoms with E-state index in [1.54, 1.807) is 36.4 Å². The Morgan fingerprint density at radius 2 is 1.67 bits per heavy atom. The highest BCUT2D eigenvalue weighted by molar-refractivity contribution is 6.37. The van der Waals surface area contributed by atoms with E-state index >= 15 is 0 Å². The van der Waals surface area contributed by atoms with E-state index in [0.717, 1.165) is 5.56 Å². The number of hydrogen-bond acceptors (Lipinski definition) is 4. The molecule has 2 amide bonds. The highest BCUT2D eigenvalue weighted by Gasteiger charge is 2.17. The quantitative estimate of drug-likeness (QED) is 0.588. The molecule has 0 bridgehead atoms. The van der Waals surface area contributed by atoms with Gasteiger partial charge in [0.05, 0.1) is 21.8 Å². The summed E-state index contributed by atoms with van der Waals surface area (Å²) >= 11 is 12.0. The molecule has 6 nitrogen and oxygen atoms in total. The Hall–Kier alpha value is -3.22. The lowest BCUT2D eigenvalue weighted by molar-refractivity contribution is 0.0951. The molecule has 4 rings (SSSR count). The normalized spacial score (nSPS) is 11.8. The zero-order valence-corrected chi connectivity index (χ0v) is 17.1. The third-order valence-corrected chi connectivity index (χ3v) is 5.03. The Bertz CT molecular complexity index is 1130. The van der Waals surface area contributed by atoms with Gasteiger partial charge in [0.1, 0.15) is 0 Å². The molecule has 0 saturated carbocycles. The number of carbonyl (C=O) groups is 2. The first-order chi connectivity index (χ1) is 14.5. The van der Waals surface area contributed by atoms with Crippen molar-refractivity contribution < 1.29 is 19.1 Å². The number of hydrogen-bond donors (Lipinski definition) is 2. The monoisotopic (exact) mass is 442 g/mol. The summed E-state index contributed by atoms with van der Waals surface area (Å²) in [6.07, 6.45) is 0. The van der Waals surface area contributed by atoms with Crippen molar-refractivity contribution >= 4 is 40.7 Å². The maximum Gasteiger partial charge on any atom is 0.257 e. The summed E-state index contributed by atoms with van der Waals surface area (Å²) in [5.41, 5.74) is 1.83. The summed E-state index contributed by atoms with van der Waals surface area (Å²) in [7, 11) is 0. The predicted molar refractivity (Wildman–Crippen MR) is 115 cm³/mol. The lowest BCUT2D eigenvalue weighted by atomic mass is 10.1. The zero-order chi connectivity index (χ0) is 21.1. The average Bonchev–Trinajstić information content (AvgIpc) is 3.20. The van der Waals surface area contributed by atoms with Gasteiger partial charge in [0.2, 0.25) is 6.79 Å². The number of nitrogens with one attached hydrogen (secondary N) is 2. The lowest BCUT2D eigenvalue weighted by Crippen LogP contribution is -2.25. The SMILES string of the molecule is O=C(Nc1ccccc1C(=O)NCc1ccc2c(c1)OCO2)c1ccc(Cl)cc1Cl. The van der Waals surface area contributed by atoms with E-state index in [0.29, 0.717) is 34.3 Å². The van der Waals surface area contributed by atoms with Crippen molar-refractivity contribution in [1.82, 2.24) is 5.32 Å². The number of carbonyl (C=O) groups excluding carboxylic acids is 2. The van der Waals surface area contributed by atoms with Crippen LogP contribution in [0, 0.1) is 0 Å². The second-order valence-electron chi connectivity index (χ2n) is 6.49. The Morgan fingerprint density at radius 1 is 0.867 bits per heavy atom. The van der Waals surface area contributed by atoms with Gasteiger partial charge in [-0.3, -0.25) is 9.59 Å². The molecule has 8 heteroatoms. The van der Waals surface area contributed by atoms with Gasteiger partial charge in [0, 0.05) is 11.6 Å². The van der Waals surface area contributed by atoms with Gasteiger partial charge in [-0.1, -0.05) is 41.4 Å². The van der Waals surface area contributed by atoms with E-state index in [9.17, 15) is 9.59 Å². The van der Waals surface area contributed by atoms with Gasteiger partial charge in [-0.05, 0) is 48.0 Å². The van der Waals surface area contributed by atoms with Crippen LogP contribution in [-0.2, 0) is 6.54 Å². The standard InChI is InChI=1S/C22H16Cl2N2O4/c23-14-6-7-15(17(24)10-14)22(28)26-18-4-2-1-3-16(18)21(27)25-11-13-5-8-19-20(9-13)30-12-29-19/h1-10H,11-12H2,(H,25,27)(H,26,28). The minimum absolute atomic E-state index is 0.190. The highest BCUT2D eigenvalue weighted by atomic mass is 35.5. The maximum atomic E-state index is 12.7. The molecule has 2 N–H and O–H groups in total. The average molecular weight is 443 g/mol. The first-order valence-electron chi connectivity index (χ1n) is 9.03. The van der Waals surface area contributed by atoms with Crippen LogP contribution in [0.1, 0.15) is 26.3 Å². The maximum absolute atomic E-state index is 12.7. The summed E-state index contributed by atoms with van der Waals surface area (Å²) in [5.74, 6) is 0.562. The smallest absolute Gasteiger partial charge is 0.257 e. The van der Waals surface area contributed by atoms with Crippen LogP contribution >= 0.6 is 23.2 Å². The molecule has 30 heavy (non-hydrogen) atoms. The summed E-state index contributed by atoms with van der Waals surface area (Å²) < 4.78 is 10.6. The van der Waals surface area contributed by atoms with Crippen molar-refractivity contribution in [2.45, 2.75) is 6.54 Å². The number of amides is 2. The summed E-state index contributed by atoms with van der Waals surface area (Å²) in [4.78, 5) is 25.4. The van der Waals surface area contributed by atoms with E-state index in [4.69, 9.17) is 32.7 Å². The molecule has 0 atom stereocenters. The fourth-order valence-corrected chi connectivity index (χ4v) is 3.48.